The van der Waals surface area contributed by atoms with Crippen LogP contribution in [0.3, 0.4) is 0 Å². The van der Waals surface area contributed by atoms with Crippen molar-refractivity contribution in [3.8, 4) is 0 Å². The van der Waals surface area contributed by atoms with E-state index in [4.69, 9.17) is 20.0 Å². The van der Waals surface area contributed by atoms with Crippen LogP contribution in [-0.2, 0) is 42.8 Å². The van der Waals surface area contributed by atoms with E-state index in [2.05, 4.69) is 46.6 Å². The number of aliphatic hydroxyl groups is 1. The van der Waals surface area contributed by atoms with E-state index in [9.17, 15) is 14.4 Å². The van der Waals surface area contributed by atoms with Crippen molar-refractivity contribution < 1.29 is 47.9 Å². The minimum absolute atomic E-state index is 0. The number of rotatable bonds is 13. The number of ketones is 2. The maximum atomic E-state index is 9.92. The van der Waals surface area contributed by atoms with Crippen molar-refractivity contribution in [2.75, 3.05) is 75.7 Å². The van der Waals surface area contributed by atoms with Crippen molar-refractivity contribution in [1.82, 2.24) is 0 Å². The first-order valence-electron chi connectivity index (χ1n) is 14.8. The monoisotopic (exact) mass is 648 g/mol. The number of aliphatic hydroxyl groups excluding tert-OH is 1. The normalized spacial score (nSPS) is 8.75. The van der Waals surface area contributed by atoms with Crippen LogP contribution in [0.1, 0.15) is 115 Å². The first-order valence-corrected chi connectivity index (χ1v) is 14.8. The summed E-state index contributed by atoms with van der Waals surface area (Å²) in [5, 5.41) is 15.5. The number of methoxy groups -OCH3 is 6. The van der Waals surface area contributed by atoms with Gasteiger partial charge in [0.2, 0.25) is 0 Å². The Morgan fingerprint density at radius 1 is 0.636 bits per heavy atom. The van der Waals surface area contributed by atoms with E-state index < -0.39 is 0 Å². The van der Waals surface area contributed by atoms with Gasteiger partial charge in [-0.2, -0.15) is 0 Å². The average Bonchev–Trinajstić information content (AvgIpc) is 2.93. The molecule has 0 saturated heterocycles. The van der Waals surface area contributed by atoms with Gasteiger partial charge in [0.1, 0.15) is 12.4 Å². The van der Waals surface area contributed by atoms with E-state index in [1.165, 1.54) is 67.6 Å². The van der Waals surface area contributed by atoms with Crippen LogP contribution >= 0.6 is 0 Å². The average molecular weight is 648 g/mol. The molecule has 0 amide bonds. The van der Waals surface area contributed by atoms with Crippen molar-refractivity contribution in [3.05, 3.63) is 0 Å². The van der Waals surface area contributed by atoms with Crippen molar-refractivity contribution >= 4 is 23.2 Å². The minimum Gasteiger partial charge on any atom is -0.469 e. The van der Waals surface area contributed by atoms with Gasteiger partial charge in [0, 0.05) is 61.4 Å². The maximum Gasteiger partial charge on any atom is 0.302 e. The zero-order valence-electron chi connectivity index (χ0n) is 31.0. The number of nitrogens with one attached hydrogen (secondary N) is 1. The molecule has 0 saturated carbocycles. The molecule has 0 bridgehead atoms. The summed E-state index contributed by atoms with van der Waals surface area (Å²) in [5.41, 5.74) is 0.567. The predicted molar refractivity (Wildman–Crippen MR) is 186 cm³/mol. The molecule has 0 aliphatic rings. The second-order valence-electron chi connectivity index (χ2n) is 8.81. The number of unbranched alkanes of at least 4 members (excludes halogenated alkanes) is 2. The number of carbonyl (C=O) groups is 3. The topological polar surface area (TPSA) is 151 Å². The molecule has 44 heavy (non-hydrogen) atoms. The zero-order chi connectivity index (χ0) is 35.9. The van der Waals surface area contributed by atoms with E-state index in [0.29, 0.717) is 18.9 Å². The van der Waals surface area contributed by atoms with Crippen molar-refractivity contribution in [2.45, 2.75) is 121 Å². The molecular formula is C33H77NO10. The molecule has 0 aliphatic carbocycles. The van der Waals surface area contributed by atoms with Crippen LogP contribution in [0.5, 0.6) is 0 Å². The zero-order valence-corrected chi connectivity index (χ0v) is 31.0. The number of hydrogen-bond acceptors (Lipinski definition) is 11. The Hall–Kier alpha value is -1.76. The van der Waals surface area contributed by atoms with Gasteiger partial charge in [-0.05, 0) is 47.0 Å². The summed E-state index contributed by atoms with van der Waals surface area (Å²) >= 11 is 0. The van der Waals surface area contributed by atoms with Crippen molar-refractivity contribution in [3.63, 3.8) is 0 Å². The molecule has 0 aromatic carbocycles. The van der Waals surface area contributed by atoms with Gasteiger partial charge < -0.3 is 43.7 Å². The Bertz CT molecular complexity index is 477. The molecule has 0 fully saturated rings. The lowest BCUT2D eigenvalue weighted by molar-refractivity contribution is -0.138. The highest BCUT2D eigenvalue weighted by atomic mass is 16.5. The number of esters is 1. The van der Waals surface area contributed by atoms with Crippen LogP contribution in [0, 0.1) is 5.41 Å². The molecule has 0 aliphatic heterocycles. The Labute approximate surface area is 273 Å². The summed E-state index contributed by atoms with van der Waals surface area (Å²) in [6.07, 6.45) is 6.68. The van der Waals surface area contributed by atoms with Gasteiger partial charge in [0.05, 0.1) is 26.4 Å². The summed E-state index contributed by atoms with van der Waals surface area (Å²) in [6.45, 7) is 21.1. The Morgan fingerprint density at radius 3 is 1.07 bits per heavy atom. The van der Waals surface area contributed by atoms with Gasteiger partial charge in [-0.25, -0.2) is 0 Å². The molecule has 0 heterocycles. The molecule has 11 nitrogen and oxygen atoms in total. The summed E-state index contributed by atoms with van der Waals surface area (Å²) in [4.78, 5) is 29.0. The van der Waals surface area contributed by atoms with E-state index in [1.54, 1.807) is 35.4 Å². The molecule has 0 rings (SSSR count). The fraction of sp³-hybridized carbons (Fsp3) is 0.879. The van der Waals surface area contributed by atoms with Crippen LogP contribution in [0.2, 0.25) is 0 Å². The highest BCUT2D eigenvalue weighted by Gasteiger charge is 1.95. The van der Waals surface area contributed by atoms with Gasteiger partial charge >= 0.3 is 5.97 Å². The molecule has 2 N–H and O–H groups in total. The lowest BCUT2D eigenvalue weighted by Crippen LogP contribution is -2.11. The second kappa shape index (κ2) is 73.0. The molecule has 1 atom stereocenters. The lowest BCUT2D eigenvalue weighted by atomic mass is 10.3. The van der Waals surface area contributed by atoms with E-state index in [0.717, 1.165) is 26.1 Å². The molecule has 0 spiro atoms. The summed E-state index contributed by atoms with van der Waals surface area (Å²) in [7, 11) is 9.46. The third kappa shape index (κ3) is 208. The Kier molecular flexibility index (Phi) is 108. The third-order valence-electron chi connectivity index (χ3n) is 3.44. The standard InChI is InChI=1S/C5H12O2.C5H12O.C4H9NO.C4H8O2.C4H10O.C4H10.C3H6O2.C3H6O.CH4/c1-3-5(6)4-7-2;1-3-4-5-6-2;2*1-4(5)3-6-2;1-3-4-5-2;1-3-4-2;1-3(4)5-2;1-3(2)4;/h5-6H,3-4H2,1-2H3;3-5H2,1-2H3;5H,3H2,1-2H3;3H2,1-2H3;3-4H2,1-2H3;3-4H2,1-2H3;1-2H3;1-2H3;1H4. The highest BCUT2D eigenvalue weighted by Crippen LogP contribution is 1.87. The quantitative estimate of drug-likeness (QED) is 0.122. The number of hydrogen-bond donors (Lipinski definition) is 2. The molecule has 274 valence electrons. The molecule has 1 unspecified atom stereocenters. The smallest absolute Gasteiger partial charge is 0.302 e. The summed E-state index contributed by atoms with van der Waals surface area (Å²) in [6, 6.07) is 0. The van der Waals surface area contributed by atoms with Crippen LogP contribution in [0.4, 0.5) is 0 Å². The van der Waals surface area contributed by atoms with Crippen LogP contribution in [-0.4, -0.2) is 110 Å². The molecule has 0 aromatic heterocycles. The predicted octanol–water partition coefficient (Wildman–Crippen LogP) is 6.99. The van der Waals surface area contributed by atoms with Crippen molar-refractivity contribution in [2.24, 2.45) is 0 Å². The lowest BCUT2D eigenvalue weighted by Gasteiger charge is -2.02. The highest BCUT2D eigenvalue weighted by molar-refractivity contribution is 5.79. The second-order valence-corrected chi connectivity index (χ2v) is 8.81. The molecule has 0 aromatic rings. The first kappa shape index (κ1) is 65.0. The minimum atomic E-state index is -0.273. The molecular weight excluding hydrogens is 570 g/mol. The number of ether oxygens (including phenoxy) is 6. The third-order valence-corrected chi connectivity index (χ3v) is 3.44. The Morgan fingerprint density at radius 2 is 1.02 bits per heavy atom. The van der Waals surface area contributed by atoms with E-state index >= 15 is 0 Å². The number of carbonyl (C=O) groups excluding carboxylic acids is 3. The number of Topliss-reactive ketones (excluding diaryl/α,β-unsaturated/α-hetero) is 2. The maximum absolute atomic E-state index is 9.92. The van der Waals surface area contributed by atoms with E-state index in [1.807, 2.05) is 6.92 Å². The molecule has 0 radical (unpaired) electrons. The van der Waals surface area contributed by atoms with Crippen LogP contribution in [0.15, 0.2) is 0 Å². The van der Waals surface area contributed by atoms with Gasteiger partial charge in [-0.1, -0.05) is 61.3 Å². The van der Waals surface area contributed by atoms with Crippen molar-refractivity contribution in [1.29, 1.82) is 5.41 Å². The largest absolute Gasteiger partial charge is 0.469 e. The summed E-state index contributed by atoms with van der Waals surface area (Å²) in [5.74, 6) is -0.0116. The van der Waals surface area contributed by atoms with Gasteiger partial charge in [-0.3, -0.25) is 9.59 Å². The fourth-order valence-electron chi connectivity index (χ4n) is 1.22. The van der Waals surface area contributed by atoms with E-state index in [-0.39, 0.29) is 37.7 Å². The molecule has 11 heteroatoms. The Balaban J connectivity index is -0.0000000456. The van der Waals surface area contributed by atoms with Gasteiger partial charge in [0.15, 0.2) is 5.78 Å². The SMILES string of the molecule is C.CC(C)=O.CCC(O)COC.CCCC.CCCCOC.CCCOC.COC(C)=O.COCC(C)=N.COCC(C)=O. The van der Waals surface area contributed by atoms with Crippen LogP contribution in [0.25, 0.3) is 0 Å². The van der Waals surface area contributed by atoms with Crippen LogP contribution < -0.4 is 0 Å². The van der Waals surface area contributed by atoms with Gasteiger partial charge in [-0.15, -0.1) is 0 Å². The van der Waals surface area contributed by atoms with Gasteiger partial charge in [0.25, 0.3) is 0 Å². The first-order chi connectivity index (χ1) is 20.1. The summed E-state index contributed by atoms with van der Waals surface area (Å²) < 4.78 is 27.3. The fourth-order valence-corrected chi connectivity index (χ4v) is 1.22.